The topological polar surface area (TPSA) is 67.2 Å². The number of likely N-dealkylation sites (tertiary alicyclic amines) is 1. The average Bonchev–Trinajstić information content (AvgIpc) is 3.16. The minimum absolute atomic E-state index is 0.265. The zero-order valence-corrected chi connectivity index (χ0v) is 19.6. The molecule has 0 amide bonds. The zero-order chi connectivity index (χ0) is 22.6. The van der Waals surface area contributed by atoms with Crippen molar-refractivity contribution in [2.75, 3.05) is 19.6 Å². The Labute approximate surface area is 191 Å². The number of hydrogen-bond donors (Lipinski definition) is 1. The molecule has 1 atom stereocenters. The number of rotatable bonds is 8. The highest BCUT2D eigenvalue weighted by atomic mass is 32.2. The second-order valence-corrected chi connectivity index (χ2v) is 10.4. The number of sulfonamides is 1. The summed E-state index contributed by atoms with van der Waals surface area (Å²) in [7, 11) is -1.56. The molecule has 3 aromatic rings. The molecule has 1 aliphatic rings. The monoisotopic (exact) mass is 452 g/mol. The van der Waals surface area contributed by atoms with Crippen LogP contribution in [0.3, 0.4) is 0 Å². The number of aromatic nitrogens is 2. The van der Waals surface area contributed by atoms with Crippen molar-refractivity contribution >= 4 is 10.0 Å². The summed E-state index contributed by atoms with van der Waals surface area (Å²) in [5.41, 5.74) is 3.38. The molecule has 4 rings (SSSR count). The Morgan fingerprint density at radius 2 is 1.66 bits per heavy atom. The normalized spacial score (nSPS) is 16.8. The fraction of sp³-hybridized carbons (Fsp3) is 0.400. The van der Waals surface area contributed by atoms with E-state index >= 15 is 0 Å². The molecule has 0 radical (unpaired) electrons. The summed E-state index contributed by atoms with van der Waals surface area (Å²) in [4.78, 5) is 2.75. The molecule has 2 aromatic carbocycles. The molecule has 7 heteroatoms. The summed E-state index contributed by atoms with van der Waals surface area (Å²) in [5, 5.41) is 4.50. The number of nitrogens with zero attached hydrogens (tertiary/aromatic N) is 3. The van der Waals surface area contributed by atoms with Crippen LogP contribution in [0.25, 0.3) is 0 Å². The van der Waals surface area contributed by atoms with Gasteiger partial charge in [0.2, 0.25) is 10.0 Å². The van der Waals surface area contributed by atoms with Crippen LogP contribution in [0.5, 0.6) is 0 Å². The largest absolute Gasteiger partial charge is 0.303 e. The highest BCUT2D eigenvalue weighted by Crippen LogP contribution is 2.29. The molecule has 32 heavy (non-hydrogen) atoms. The van der Waals surface area contributed by atoms with Crippen LogP contribution in [0, 0.1) is 6.92 Å². The molecule has 1 aliphatic heterocycles. The fourth-order valence-corrected chi connectivity index (χ4v) is 5.89. The minimum Gasteiger partial charge on any atom is -0.303 e. The van der Waals surface area contributed by atoms with Crippen LogP contribution in [0.4, 0.5) is 0 Å². The third-order valence-corrected chi connectivity index (χ3v) is 7.82. The van der Waals surface area contributed by atoms with Crippen molar-refractivity contribution in [3.63, 3.8) is 0 Å². The van der Waals surface area contributed by atoms with E-state index in [-0.39, 0.29) is 6.04 Å². The van der Waals surface area contributed by atoms with E-state index in [0.717, 1.165) is 50.2 Å². The van der Waals surface area contributed by atoms with Crippen molar-refractivity contribution in [2.24, 2.45) is 7.05 Å². The Balaban J connectivity index is 1.40. The number of benzene rings is 2. The van der Waals surface area contributed by atoms with Gasteiger partial charge in [-0.05, 0) is 69.6 Å². The number of aryl methyl sites for hydroxylation is 2. The maximum atomic E-state index is 13.0. The Kier molecular flexibility index (Phi) is 7.08. The van der Waals surface area contributed by atoms with Crippen LogP contribution in [-0.4, -0.2) is 42.7 Å². The van der Waals surface area contributed by atoms with Crippen molar-refractivity contribution in [2.45, 2.75) is 43.0 Å². The molecule has 0 saturated carbocycles. The van der Waals surface area contributed by atoms with Gasteiger partial charge in [-0.15, -0.1) is 0 Å². The van der Waals surface area contributed by atoms with Gasteiger partial charge in [-0.3, -0.25) is 4.68 Å². The standard InChI is InChI=1S/C25H32N4O2S/c1-20-19-25(28(2)26-20)22-13-16-29(17-14-22)18-15-24(21-9-5-3-6-10-21)27-32(30,31)23-11-7-4-8-12-23/h3-12,19,22,24,27H,13-18H2,1-2H3. The fourth-order valence-electron chi connectivity index (χ4n) is 4.61. The summed E-state index contributed by atoms with van der Waals surface area (Å²) in [6.07, 6.45) is 2.93. The lowest BCUT2D eigenvalue weighted by Gasteiger charge is -2.33. The van der Waals surface area contributed by atoms with E-state index in [1.165, 1.54) is 5.69 Å². The lowest BCUT2D eigenvalue weighted by molar-refractivity contribution is 0.201. The Hall–Kier alpha value is -2.48. The zero-order valence-electron chi connectivity index (χ0n) is 18.8. The van der Waals surface area contributed by atoms with Gasteiger partial charge >= 0.3 is 0 Å². The van der Waals surface area contributed by atoms with E-state index in [4.69, 9.17) is 0 Å². The van der Waals surface area contributed by atoms with Gasteiger partial charge in [-0.1, -0.05) is 48.5 Å². The number of nitrogens with one attached hydrogen (secondary N) is 1. The van der Waals surface area contributed by atoms with E-state index in [9.17, 15) is 8.42 Å². The van der Waals surface area contributed by atoms with Gasteiger partial charge in [0.25, 0.3) is 0 Å². The van der Waals surface area contributed by atoms with E-state index in [1.807, 2.05) is 55.1 Å². The molecule has 1 aromatic heterocycles. The van der Waals surface area contributed by atoms with Crippen LogP contribution in [0.1, 0.15) is 48.2 Å². The Morgan fingerprint density at radius 3 is 2.25 bits per heavy atom. The summed E-state index contributed by atoms with van der Waals surface area (Å²) >= 11 is 0. The van der Waals surface area contributed by atoms with Crippen molar-refractivity contribution in [1.82, 2.24) is 19.4 Å². The molecule has 1 unspecified atom stereocenters. The molecule has 1 N–H and O–H groups in total. The van der Waals surface area contributed by atoms with Crippen molar-refractivity contribution in [1.29, 1.82) is 0 Å². The maximum absolute atomic E-state index is 13.0. The first-order chi connectivity index (χ1) is 15.4. The van der Waals surface area contributed by atoms with Gasteiger partial charge in [-0.2, -0.15) is 5.10 Å². The van der Waals surface area contributed by atoms with Crippen molar-refractivity contribution in [3.05, 3.63) is 83.7 Å². The smallest absolute Gasteiger partial charge is 0.241 e. The summed E-state index contributed by atoms with van der Waals surface area (Å²) < 4.78 is 30.9. The van der Waals surface area contributed by atoms with Crippen LogP contribution in [-0.2, 0) is 17.1 Å². The van der Waals surface area contributed by atoms with E-state index in [1.54, 1.807) is 24.3 Å². The number of hydrogen-bond acceptors (Lipinski definition) is 4. The molecule has 6 nitrogen and oxygen atoms in total. The van der Waals surface area contributed by atoms with Crippen LogP contribution in [0.2, 0.25) is 0 Å². The minimum atomic E-state index is -3.59. The predicted molar refractivity (Wildman–Crippen MR) is 127 cm³/mol. The highest BCUT2D eigenvalue weighted by Gasteiger charge is 2.25. The van der Waals surface area contributed by atoms with Gasteiger partial charge in [-0.25, -0.2) is 13.1 Å². The van der Waals surface area contributed by atoms with E-state index in [0.29, 0.717) is 10.8 Å². The second-order valence-electron chi connectivity index (χ2n) is 8.64. The Bertz CT molecular complexity index is 1110. The molecule has 0 bridgehead atoms. The quantitative estimate of drug-likeness (QED) is 0.561. The van der Waals surface area contributed by atoms with Gasteiger partial charge in [0.05, 0.1) is 10.6 Å². The van der Waals surface area contributed by atoms with Crippen LogP contribution < -0.4 is 4.72 Å². The summed E-state index contributed by atoms with van der Waals surface area (Å²) in [5.74, 6) is 0.541. The molecular formula is C25H32N4O2S. The summed E-state index contributed by atoms with van der Waals surface area (Å²) in [6.45, 7) is 4.93. The molecule has 0 aliphatic carbocycles. The van der Waals surface area contributed by atoms with Gasteiger partial charge in [0.1, 0.15) is 0 Å². The third-order valence-electron chi connectivity index (χ3n) is 6.33. The van der Waals surface area contributed by atoms with Gasteiger partial charge in [0, 0.05) is 24.7 Å². The highest BCUT2D eigenvalue weighted by molar-refractivity contribution is 7.89. The van der Waals surface area contributed by atoms with Crippen molar-refractivity contribution in [3.8, 4) is 0 Å². The molecule has 1 fully saturated rings. The van der Waals surface area contributed by atoms with E-state index < -0.39 is 10.0 Å². The molecule has 1 saturated heterocycles. The average molecular weight is 453 g/mol. The first-order valence-electron chi connectivity index (χ1n) is 11.3. The lowest BCUT2D eigenvalue weighted by Crippen LogP contribution is -2.37. The molecule has 2 heterocycles. The molecular weight excluding hydrogens is 420 g/mol. The first kappa shape index (κ1) is 22.7. The van der Waals surface area contributed by atoms with E-state index in [2.05, 4.69) is 20.8 Å². The number of piperidine rings is 1. The molecule has 0 spiro atoms. The van der Waals surface area contributed by atoms with Crippen molar-refractivity contribution < 1.29 is 8.42 Å². The van der Waals surface area contributed by atoms with Crippen LogP contribution in [0.15, 0.2) is 71.6 Å². The maximum Gasteiger partial charge on any atom is 0.241 e. The lowest BCUT2D eigenvalue weighted by atomic mass is 9.93. The second kappa shape index (κ2) is 9.98. The SMILES string of the molecule is Cc1cc(C2CCN(CCC(NS(=O)(=O)c3ccccc3)c3ccccc3)CC2)n(C)n1. The predicted octanol–water partition coefficient (Wildman–Crippen LogP) is 4.02. The molecule has 170 valence electrons. The third kappa shape index (κ3) is 5.46. The van der Waals surface area contributed by atoms with Gasteiger partial charge < -0.3 is 4.90 Å². The Morgan fingerprint density at radius 1 is 1.03 bits per heavy atom. The van der Waals surface area contributed by atoms with Crippen LogP contribution >= 0.6 is 0 Å². The summed E-state index contributed by atoms with van der Waals surface area (Å²) in [6, 6.07) is 20.4. The van der Waals surface area contributed by atoms with Gasteiger partial charge in [0.15, 0.2) is 0 Å². The first-order valence-corrected chi connectivity index (χ1v) is 12.8.